The molecule has 1 aliphatic rings. The summed E-state index contributed by atoms with van der Waals surface area (Å²) in [6, 6.07) is 13.3. The molecule has 0 heterocycles. The lowest BCUT2D eigenvalue weighted by Gasteiger charge is -2.44. The Morgan fingerprint density at radius 2 is 1.93 bits per heavy atom. The molecule has 0 aliphatic heterocycles. The first-order chi connectivity index (χ1) is 12.9. The molecule has 5 heteroatoms. The number of hydrogen-bond acceptors (Lipinski definition) is 4. The SMILES string of the molecule is CN(C)C[C@H]1C[C@@H](OCc2ccc(F)cc2)CC[C@]1(O)c1cccc(O)c1. The summed E-state index contributed by atoms with van der Waals surface area (Å²) in [5.41, 5.74) is 0.708. The third-order valence-corrected chi connectivity index (χ3v) is 5.40. The van der Waals surface area contributed by atoms with Crippen molar-refractivity contribution >= 4 is 0 Å². The zero-order valence-electron chi connectivity index (χ0n) is 15.9. The highest BCUT2D eigenvalue weighted by molar-refractivity contribution is 5.32. The summed E-state index contributed by atoms with van der Waals surface area (Å²) in [5, 5.41) is 21.3. The Bertz CT molecular complexity index is 749. The van der Waals surface area contributed by atoms with E-state index in [2.05, 4.69) is 4.90 Å². The van der Waals surface area contributed by atoms with Gasteiger partial charge in [0.2, 0.25) is 0 Å². The second-order valence-corrected chi connectivity index (χ2v) is 7.77. The van der Waals surface area contributed by atoms with Gasteiger partial charge in [-0.25, -0.2) is 4.39 Å². The number of ether oxygens (including phenoxy) is 1. The molecule has 0 unspecified atom stereocenters. The molecular formula is C22H28FNO3. The van der Waals surface area contributed by atoms with Crippen LogP contribution in [-0.2, 0) is 16.9 Å². The summed E-state index contributed by atoms with van der Waals surface area (Å²) in [7, 11) is 3.98. The van der Waals surface area contributed by atoms with Gasteiger partial charge < -0.3 is 19.8 Å². The summed E-state index contributed by atoms with van der Waals surface area (Å²) in [4.78, 5) is 2.07. The van der Waals surface area contributed by atoms with Crippen molar-refractivity contribution in [2.45, 2.75) is 37.6 Å². The van der Waals surface area contributed by atoms with E-state index in [4.69, 9.17) is 4.74 Å². The third-order valence-electron chi connectivity index (χ3n) is 5.40. The maximum atomic E-state index is 13.0. The van der Waals surface area contributed by atoms with E-state index in [1.54, 1.807) is 30.3 Å². The van der Waals surface area contributed by atoms with E-state index in [0.717, 1.165) is 30.5 Å². The number of phenols is 1. The highest BCUT2D eigenvalue weighted by Crippen LogP contribution is 2.43. The summed E-state index contributed by atoms with van der Waals surface area (Å²) in [5.74, 6) is -0.0980. The van der Waals surface area contributed by atoms with Gasteiger partial charge in [0.1, 0.15) is 11.6 Å². The Balaban J connectivity index is 1.71. The molecule has 2 aromatic carbocycles. The highest BCUT2D eigenvalue weighted by Gasteiger charge is 2.44. The molecule has 3 rings (SSSR count). The lowest BCUT2D eigenvalue weighted by molar-refractivity contribution is -0.110. The minimum atomic E-state index is -0.987. The van der Waals surface area contributed by atoms with Crippen LogP contribution in [0.2, 0.25) is 0 Å². The molecule has 4 nitrogen and oxygen atoms in total. The number of aromatic hydroxyl groups is 1. The summed E-state index contributed by atoms with van der Waals surface area (Å²) in [6.07, 6.45) is 2.07. The van der Waals surface area contributed by atoms with Crippen molar-refractivity contribution in [3.8, 4) is 5.75 Å². The number of phenolic OH excluding ortho intramolecular Hbond substituents is 1. The molecule has 0 spiro atoms. The molecule has 0 radical (unpaired) electrons. The van der Waals surface area contributed by atoms with Crippen molar-refractivity contribution in [3.63, 3.8) is 0 Å². The monoisotopic (exact) mass is 373 g/mol. The van der Waals surface area contributed by atoms with E-state index in [-0.39, 0.29) is 23.6 Å². The van der Waals surface area contributed by atoms with Gasteiger partial charge in [0.15, 0.2) is 0 Å². The van der Waals surface area contributed by atoms with Crippen LogP contribution in [0, 0.1) is 11.7 Å². The number of halogens is 1. The van der Waals surface area contributed by atoms with Gasteiger partial charge in [0, 0.05) is 12.5 Å². The average Bonchev–Trinajstić information content (AvgIpc) is 2.63. The standard InChI is InChI=1S/C22H28FNO3/c1-24(2)14-18-13-21(27-15-16-6-8-19(23)9-7-16)10-11-22(18,26)17-4-3-5-20(25)12-17/h3-9,12,18,21,25-26H,10-11,13-15H2,1-2H3/t18-,21+,22+/m1/s1. The van der Waals surface area contributed by atoms with Crippen molar-refractivity contribution in [1.29, 1.82) is 0 Å². The summed E-state index contributed by atoms with van der Waals surface area (Å²) < 4.78 is 19.1. The number of nitrogens with zero attached hydrogens (tertiary/aromatic N) is 1. The van der Waals surface area contributed by atoms with Gasteiger partial charge >= 0.3 is 0 Å². The third kappa shape index (κ3) is 4.86. The van der Waals surface area contributed by atoms with Crippen LogP contribution in [0.15, 0.2) is 48.5 Å². The topological polar surface area (TPSA) is 52.9 Å². The number of aliphatic hydroxyl groups is 1. The first kappa shape index (κ1) is 19.8. The molecular weight excluding hydrogens is 345 g/mol. The maximum absolute atomic E-state index is 13.0. The number of benzene rings is 2. The van der Waals surface area contributed by atoms with Gasteiger partial charge in [-0.2, -0.15) is 0 Å². The average molecular weight is 373 g/mol. The summed E-state index contributed by atoms with van der Waals surface area (Å²) >= 11 is 0. The van der Waals surface area contributed by atoms with Gasteiger partial charge in [-0.05, 0) is 68.8 Å². The molecule has 0 amide bonds. The quantitative estimate of drug-likeness (QED) is 0.811. The van der Waals surface area contributed by atoms with Crippen LogP contribution in [0.25, 0.3) is 0 Å². The Kier molecular flexibility index (Phi) is 6.15. The molecule has 1 saturated carbocycles. The molecule has 2 N–H and O–H groups in total. The molecule has 27 heavy (non-hydrogen) atoms. The van der Waals surface area contributed by atoms with Crippen LogP contribution in [0.1, 0.15) is 30.4 Å². The van der Waals surface area contributed by atoms with Gasteiger partial charge in [-0.1, -0.05) is 24.3 Å². The van der Waals surface area contributed by atoms with Crippen LogP contribution in [0.4, 0.5) is 4.39 Å². The van der Waals surface area contributed by atoms with E-state index in [9.17, 15) is 14.6 Å². The molecule has 1 fully saturated rings. The van der Waals surface area contributed by atoms with E-state index >= 15 is 0 Å². The van der Waals surface area contributed by atoms with E-state index in [1.807, 2.05) is 20.2 Å². The number of rotatable bonds is 6. The van der Waals surface area contributed by atoms with Crippen LogP contribution < -0.4 is 0 Å². The second-order valence-electron chi connectivity index (χ2n) is 7.77. The van der Waals surface area contributed by atoms with Gasteiger partial charge in [0.25, 0.3) is 0 Å². The fourth-order valence-corrected chi connectivity index (χ4v) is 3.98. The zero-order valence-corrected chi connectivity index (χ0v) is 15.9. The molecule has 2 aromatic rings. The molecule has 0 aromatic heterocycles. The molecule has 0 bridgehead atoms. The van der Waals surface area contributed by atoms with E-state index < -0.39 is 5.60 Å². The Morgan fingerprint density at radius 1 is 1.19 bits per heavy atom. The van der Waals surface area contributed by atoms with Crippen LogP contribution in [0.3, 0.4) is 0 Å². The predicted molar refractivity (Wildman–Crippen MR) is 103 cm³/mol. The van der Waals surface area contributed by atoms with Crippen molar-refractivity contribution in [3.05, 3.63) is 65.5 Å². The lowest BCUT2D eigenvalue weighted by atomic mass is 9.70. The molecule has 3 atom stereocenters. The molecule has 146 valence electrons. The number of hydrogen-bond donors (Lipinski definition) is 2. The van der Waals surface area contributed by atoms with Crippen molar-refractivity contribution in [2.24, 2.45) is 5.92 Å². The largest absolute Gasteiger partial charge is 0.508 e. The van der Waals surface area contributed by atoms with Gasteiger partial charge in [-0.3, -0.25) is 0 Å². The summed E-state index contributed by atoms with van der Waals surface area (Å²) in [6.45, 7) is 1.16. The zero-order chi connectivity index (χ0) is 19.4. The fourth-order valence-electron chi connectivity index (χ4n) is 3.98. The van der Waals surface area contributed by atoms with Gasteiger partial charge in [-0.15, -0.1) is 0 Å². The highest BCUT2D eigenvalue weighted by atomic mass is 19.1. The predicted octanol–water partition coefficient (Wildman–Crippen LogP) is 3.67. The minimum absolute atomic E-state index is 0.0127. The van der Waals surface area contributed by atoms with Crippen molar-refractivity contribution in [2.75, 3.05) is 20.6 Å². The van der Waals surface area contributed by atoms with Crippen molar-refractivity contribution < 1.29 is 19.3 Å². The van der Waals surface area contributed by atoms with E-state index in [0.29, 0.717) is 13.0 Å². The lowest BCUT2D eigenvalue weighted by Crippen LogP contribution is -2.46. The van der Waals surface area contributed by atoms with Crippen LogP contribution in [-0.4, -0.2) is 41.9 Å². The smallest absolute Gasteiger partial charge is 0.123 e. The molecule has 1 aliphatic carbocycles. The minimum Gasteiger partial charge on any atom is -0.508 e. The first-order valence-corrected chi connectivity index (χ1v) is 9.39. The Hall–Kier alpha value is -1.95. The van der Waals surface area contributed by atoms with E-state index in [1.165, 1.54) is 12.1 Å². The van der Waals surface area contributed by atoms with Gasteiger partial charge in [0.05, 0.1) is 18.3 Å². The second kappa shape index (κ2) is 8.38. The Labute approximate surface area is 160 Å². The molecule has 0 saturated heterocycles. The van der Waals surface area contributed by atoms with Crippen LogP contribution in [0.5, 0.6) is 5.75 Å². The Morgan fingerprint density at radius 3 is 2.59 bits per heavy atom. The fraction of sp³-hybridized carbons (Fsp3) is 0.455. The normalized spacial score (nSPS) is 25.7. The van der Waals surface area contributed by atoms with Crippen molar-refractivity contribution in [1.82, 2.24) is 4.90 Å². The van der Waals surface area contributed by atoms with Crippen LogP contribution >= 0.6 is 0 Å². The maximum Gasteiger partial charge on any atom is 0.123 e. The first-order valence-electron chi connectivity index (χ1n) is 9.39.